The molecule has 0 aliphatic carbocycles. The van der Waals surface area contributed by atoms with Crippen molar-refractivity contribution in [3.8, 4) is 0 Å². The molecular formula is C13H21NO. The van der Waals surface area contributed by atoms with Crippen molar-refractivity contribution >= 4 is 0 Å². The summed E-state index contributed by atoms with van der Waals surface area (Å²) in [6, 6.07) is 10.9. The summed E-state index contributed by atoms with van der Waals surface area (Å²) in [5.41, 5.74) is 1.31. The molecule has 0 saturated carbocycles. The number of aliphatic hydroxyl groups is 1. The van der Waals surface area contributed by atoms with Crippen LogP contribution in [0, 0.1) is 0 Å². The van der Waals surface area contributed by atoms with Crippen LogP contribution in [0.25, 0.3) is 0 Å². The van der Waals surface area contributed by atoms with Crippen LogP contribution >= 0.6 is 0 Å². The van der Waals surface area contributed by atoms with Crippen LogP contribution in [0.1, 0.15) is 31.7 Å². The third-order valence-electron chi connectivity index (χ3n) is 2.52. The Balaban J connectivity index is 2.57. The highest BCUT2D eigenvalue weighted by atomic mass is 16.3. The standard InChI is InChI=1S/C13H21NO/c1-11(2)14-10-13(8-9-15)12-6-4-3-5-7-12/h3-7,11,13-15H,8-10H2,1-2H3. The highest BCUT2D eigenvalue weighted by Crippen LogP contribution is 2.18. The number of nitrogens with one attached hydrogen (secondary N) is 1. The summed E-state index contributed by atoms with van der Waals surface area (Å²) in [7, 11) is 0. The first kappa shape index (κ1) is 12.2. The van der Waals surface area contributed by atoms with Crippen LogP contribution in [-0.4, -0.2) is 24.3 Å². The largest absolute Gasteiger partial charge is 0.396 e. The summed E-state index contributed by atoms with van der Waals surface area (Å²) < 4.78 is 0. The Kier molecular flexibility index (Phi) is 5.37. The van der Waals surface area contributed by atoms with E-state index < -0.39 is 0 Å². The first-order valence-corrected chi connectivity index (χ1v) is 5.63. The summed E-state index contributed by atoms with van der Waals surface area (Å²) in [6.45, 7) is 5.46. The Morgan fingerprint density at radius 1 is 1.20 bits per heavy atom. The molecule has 0 amide bonds. The first-order valence-electron chi connectivity index (χ1n) is 5.63. The lowest BCUT2D eigenvalue weighted by Crippen LogP contribution is -2.28. The molecule has 84 valence electrons. The van der Waals surface area contributed by atoms with Crippen LogP contribution in [0.3, 0.4) is 0 Å². The molecule has 0 spiro atoms. The van der Waals surface area contributed by atoms with E-state index in [9.17, 15) is 0 Å². The highest BCUT2D eigenvalue weighted by Gasteiger charge is 2.10. The molecule has 1 rings (SSSR count). The van der Waals surface area contributed by atoms with Gasteiger partial charge in [0, 0.05) is 19.2 Å². The highest BCUT2D eigenvalue weighted by molar-refractivity contribution is 5.19. The van der Waals surface area contributed by atoms with Gasteiger partial charge in [-0.25, -0.2) is 0 Å². The lowest BCUT2D eigenvalue weighted by molar-refractivity contribution is 0.272. The topological polar surface area (TPSA) is 32.3 Å². The van der Waals surface area contributed by atoms with E-state index in [0.29, 0.717) is 12.0 Å². The summed E-state index contributed by atoms with van der Waals surface area (Å²) in [5, 5.41) is 12.5. The molecule has 0 aromatic heterocycles. The molecule has 0 bridgehead atoms. The van der Waals surface area contributed by atoms with Crippen molar-refractivity contribution in [1.29, 1.82) is 0 Å². The van der Waals surface area contributed by atoms with Crippen molar-refractivity contribution in [2.24, 2.45) is 0 Å². The first-order chi connectivity index (χ1) is 7.24. The summed E-state index contributed by atoms with van der Waals surface area (Å²) in [6.07, 6.45) is 0.823. The molecular weight excluding hydrogens is 186 g/mol. The molecule has 2 nitrogen and oxygen atoms in total. The van der Waals surface area contributed by atoms with E-state index in [-0.39, 0.29) is 6.61 Å². The van der Waals surface area contributed by atoms with Gasteiger partial charge in [0.2, 0.25) is 0 Å². The van der Waals surface area contributed by atoms with Crippen LogP contribution in [0.2, 0.25) is 0 Å². The second-order valence-electron chi connectivity index (χ2n) is 4.18. The van der Waals surface area contributed by atoms with E-state index in [1.54, 1.807) is 0 Å². The van der Waals surface area contributed by atoms with Crippen molar-refractivity contribution in [2.75, 3.05) is 13.2 Å². The molecule has 0 aliphatic rings. The zero-order valence-electron chi connectivity index (χ0n) is 9.61. The smallest absolute Gasteiger partial charge is 0.0437 e. The summed E-state index contributed by atoms with van der Waals surface area (Å²) in [5.74, 6) is 0.415. The maximum absolute atomic E-state index is 9.04. The van der Waals surface area contributed by atoms with Crippen molar-refractivity contribution in [2.45, 2.75) is 32.2 Å². The fourth-order valence-corrected chi connectivity index (χ4v) is 1.65. The SMILES string of the molecule is CC(C)NCC(CCO)c1ccccc1. The van der Waals surface area contributed by atoms with Crippen molar-refractivity contribution < 1.29 is 5.11 Å². The van der Waals surface area contributed by atoms with Gasteiger partial charge < -0.3 is 10.4 Å². The zero-order valence-corrected chi connectivity index (χ0v) is 9.61. The maximum atomic E-state index is 9.04. The summed E-state index contributed by atoms with van der Waals surface area (Å²) >= 11 is 0. The van der Waals surface area contributed by atoms with Gasteiger partial charge in [0.05, 0.1) is 0 Å². The molecule has 0 heterocycles. The van der Waals surface area contributed by atoms with Crippen LogP contribution in [0.15, 0.2) is 30.3 Å². The molecule has 2 heteroatoms. The Labute approximate surface area is 92.3 Å². The Bertz CT molecular complexity index is 258. The number of hydrogen-bond donors (Lipinski definition) is 2. The molecule has 0 saturated heterocycles. The Morgan fingerprint density at radius 3 is 2.40 bits per heavy atom. The molecule has 2 N–H and O–H groups in total. The normalized spacial score (nSPS) is 13.1. The average Bonchev–Trinajstić information content (AvgIpc) is 2.25. The number of benzene rings is 1. The van der Waals surface area contributed by atoms with Crippen LogP contribution < -0.4 is 5.32 Å². The van der Waals surface area contributed by atoms with Gasteiger partial charge >= 0.3 is 0 Å². The molecule has 0 aliphatic heterocycles. The molecule has 1 unspecified atom stereocenters. The van der Waals surface area contributed by atoms with Gasteiger partial charge in [-0.2, -0.15) is 0 Å². The number of rotatable bonds is 6. The third-order valence-corrected chi connectivity index (χ3v) is 2.52. The lowest BCUT2D eigenvalue weighted by Gasteiger charge is -2.18. The van der Waals surface area contributed by atoms with E-state index in [1.165, 1.54) is 5.56 Å². The van der Waals surface area contributed by atoms with Crippen LogP contribution in [0.5, 0.6) is 0 Å². The van der Waals surface area contributed by atoms with Gasteiger partial charge in [0.25, 0.3) is 0 Å². The van der Waals surface area contributed by atoms with Crippen molar-refractivity contribution in [3.63, 3.8) is 0 Å². The Hall–Kier alpha value is -0.860. The van der Waals surface area contributed by atoms with Crippen LogP contribution in [-0.2, 0) is 0 Å². The number of aliphatic hydroxyl groups excluding tert-OH is 1. The maximum Gasteiger partial charge on any atom is 0.0437 e. The summed E-state index contributed by atoms with van der Waals surface area (Å²) in [4.78, 5) is 0. The zero-order chi connectivity index (χ0) is 11.1. The molecule has 1 aromatic rings. The fraction of sp³-hybridized carbons (Fsp3) is 0.538. The lowest BCUT2D eigenvalue weighted by atomic mass is 9.96. The van der Waals surface area contributed by atoms with E-state index in [1.807, 2.05) is 6.07 Å². The van der Waals surface area contributed by atoms with Gasteiger partial charge in [0.1, 0.15) is 0 Å². The third kappa shape index (κ3) is 4.45. The van der Waals surface area contributed by atoms with Gasteiger partial charge in [-0.05, 0) is 17.9 Å². The predicted molar refractivity (Wildman–Crippen MR) is 64.0 cm³/mol. The van der Waals surface area contributed by atoms with E-state index >= 15 is 0 Å². The minimum absolute atomic E-state index is 0.249. The molecule has 1 atom stereocenters. The Morgan fingerprint density at radius 2 is 1.87 bits per heavy atom. The predicted octanol–water partition coefficient (Wildman–Crippen LogP) is 2.15. The van der Waals surface area contributed by atoms with Gasteiger partial charge in [-0.1, -0.05) is 44.2 Å². The van der Waals surface area contributed by atoms with Crippen LogP contribution in [0.4, 0.5) is 0 Å². The van der Waals surface area contributed by atoms with E-state index in [0.717, 1.165) is 13.0 Å². The second-order valence-corrected chi connectivity index (χ2v) is 4.18. The van der Waals surface area contributed by atoms with E-state index in [2.05, 4.69) is 43.4 Å². The quantitative estimate of drug-likeness (QED) is 0.749. The molecule has 0 fully saturated rings. The molecule has 1 aromatic carbocycles. The fourth-order valence-electron chi connectivity index (χ4n) is 1.65. The minimum atomic E-state index is 0.249. The number of hydrogen-bond acceptors (Lipinski definition) is 2. The van der Waals surface area contributed by atoms with Crippen molar-refractivity contribution in [1.82, 2.24) is 5.32 Å². The van der Waals surface area contributed by atoms with Gasteiger partial charge in [-0.3, -0.25) is 0 Å². The molecule has 15 heavy (non-hydrogen) atoms. The van der Waals surface area contributed by atoms with Gasteiger partial charge in [0.15, 0.2) is 0 Å². The van der Waals surface area contributed by atoms with Crippen molar-refractivity contribution in [3.05, 3.63) is 35.9 Å². The van der Waals surface area contributed by atoms with E-state index in [4.69, 9.17) is 5.11 Å². The second kappa shape index (κ2) is 6.59. The van der Waals surface area contributed by atoms with Gasteiger partial charge in [-0.15, -0.1) is 0 Å². The average molecular weight is 207 g/mol. The monoisotopic (exact) mass is 207 g/mol. The molecule has 0 radical (unpaired) electrons. The minimum Gasteiger partial charge on any atom is -0.396 e.